The van der Waals surface area contributed by atoms with E-state index in [4.69, 9.17) is 0 Å². The van der Waals surface area contributed by atoms with Gasteiger partial charge in [-0.2, -0.15) is 0 Å². The smallest absolute Gasteiger partial charge is 0.0289 e. The van der Waals surface area contributed by atoms with Gasteiger partial charge in [-0.3, -0.25) is 0 Å². The molecule has 0 saturated carbocycles. The monoisotopic (exact) mass is 213 g/mol. The van der Waals surface area contributed by atoms with Crippen LogP contribution in [0.2, 0.25) is 0 Å². The second kappa shape index (κ2) is 6.86. The van der Waals surface area contributed by atoms with Gasteiger partial charge in [0.15, 0.2) is 0 Å². The molecule has 0 aromatic heterocycles. The van der Waals surface area contributed by atoms with E-state index in [0.29, 0.717) is 12.1 Å². The van der Waals surface area contributed by atoms with Crippen LogP contribution in [0.4, 0.5) is 0 Å². The van der Waals surface area contributed by atoms with Gasteiger partial charge < -0.3 is 5.32 Å². The Morgan fingerprint density at radius 2 is 2.07 bits per heavy atom. The molecule has 1 N–H and O–H groups in total. The van der Waals surface area contributed by atoms with Crippen molar-refractivity contribution in [2.75, 3.05) is 0 Å². The van der Waals surface area contributed by atoms with E-state index in [2.05, 4.69) is 31.5 Å². The van der Waals surface area contributed by atoms with Crippen LogP contribution in [0.25, 0.3) is 0 Å². The first kappa shape index (κ1) is 13.5. The lowest BCUT2D eigenvalue weighted by Gasteiger charge is -2.28. The van der Waals surface area contributed by atoms with Gasteiger partial charge in [-0.25, -0.2) is 0 Å². The summed E-state index contributed by atoms with van der Waals surface area (Å²) in [6.45, 7) is 9.73. The van der Waals surface area contributed by atoms with Crippen LogP contribution < -0.4 is 5.32 Å². The molecule has 2 atom stereocenters. The first-order valence-electron chi connectivity index (χ1n) is 4.91. The van der Waals surface area contributed by atoms with Crippen molar-refractivity contribution >= 4 is 12.4 Å². The quantitative estimate of drug-likeness (QED) is 0.708. The van der Waals surface area contributed by atoms with Gasteiger partial charge in [0.25, 0.3) is 0 Å². The molecule has 0 radical (unpaired) electrons. The molecule has 1 nitrogen and oxygen atoms in total. The van der Waals surface area contributed by atoms with Crippen molar-refractivity contribution in [3.05, 3.63) is 37.0 Å². The van der Waals surface area contributed by atoms with E-state index in [0.717, 1.165) is 19.3 Å². The summed E-state index contributed by atoms with van der Waals surface area (Å²) in [5.41, 5.74) is 1.48. The molecule has 1 aliphatic heterocycles. The fourth-order valence-electron chi connectivity index (χ4n) is 1.88. The molecule has 0 aromatic rings. The van der Waals surface area contributed by atoms with Gasteiger partial charge >= 0.3 is 0 Å². The second-order valence-corrected chi connectivity index (χ2v) is 3.74. The zero-order chi connectivity index (χ0) is 9.68. The fraction of sp³-hybridized carbons (Fsp3) is 0.500. The van der Waals surface area contributed by atoms with Gasteiger partial charge in [0.2, 0.25) is 0 Å². The highest BCUT2D eigenvalue weighted by Gasteiger charge is 2.17. The van der Waals surface area contributed by atoms with Crippen molar-refractivity contribution in [1.82, 2.24) is 5.32 Å². The van der Waals surface area contributed by atoms with E-state index in [-0.39, 0.29) is 12.4 Å². The van der Waals surface area contributed by atoms with Crippen molar-refractivity contribution in [2.45, 2.75) is 38.3 Å². The number of halogens is 1. The van der Waals surface area contributed by atoms with Crippen molar-refractivity contribution in [3.8, 4) is 0 Å². The highest BCUT2D eigenvalue weighted by Crippen LogP contribution is 2.17. The predicted octanol–water partition coefficient (Wildman–Crippen LogP) is 3.24. The summed E-state index contributed by atoms with van der Waals surface area (Å²) in [6.07, 6.45) is 9.49. The molecule has 0 amide bonds. The molecule has 0 aromatic carbocycles. The first-order valence-corrected chi connectivity index (χ1v) is 4.91. The van der Waals surface area contributed by atoms with Gasteiger partial charge in [0.1, 0.15) is 0 Å². The Bertz CT molecular complexity index is 220. The van der Waals surface area contributed by atoms with E-state index < -0.39 is 0 Å². The summed E-state index contributed by atoms with van der Waals surface area (Å²) >= 11 is 0. The molecule has 1 rings (SSSR count). The van der Waals surface area contributed by atoms with Crippen LogP contribution in [-0.2, 0) is 0 Å². The molecular weight excluding hydrogens is 194 g/mol. The number of nitrogens with one attached hydrogen (secondary N) is 1. The van der Waals surface area contributed by atoms with Crippen LogP contribution in [0, 0.1) is 0 Å². The maximum atomic E-state index is 3.77. The zero-order valence-corrected chi connectivity index (χ0v) is 9.65. The lowest BCUT2D eigenvalue weighted by Crippen LogP contribution is -2.40. The third-order valence-corrected chi connectivity index (χ3v) is 2.38. The van der Waals surface area contributed by atoms with Gasteiger partial charge in [-0.15, -0.1) is 25.6 Å². The zero-order valence-electron chi connectivity index (χ0n) is 8.83. The molecule has 0 fully saturated rings. The van der Waals surface area contributed by atoms with Gasteiger partial charge in [-0.1, -0.05) is 23.8 Å². The molecular formula is C12H20ClN. The van der Waals surface area contributed by atoms with Crippen molar-refractivity contribution < 1.29 is 0 Å². The second-order valence-electron chi connectivity index (χ2n) is 3.74. The van der Waals surface area contributed by atoms with Crippen molar-refractivity contribution in [1.29, 1.82) is 0 Å². The topological polar surface area (TPSA) is 12.0 Å². The van der Waals surface area contributed by atoms with Crippen LogP contribution in [-0.4, -0.2) is 12.1 Å². The molecule has 2 heteroatoms. The largest absolute Gasteiger partial charge is 0.307 e. The van der Waals surface area contributed by atoms with Gasteiger partial charge in [-0.05, 0) is 26.2 Å². The standard InChI is InChI=1S/C12H19N.ClH/c1-4-6-11-8-10(3)9-12(13-11)7-5-2;/h4-5,8,11-13H,1-2,6-7,9H2,3H3;1H/t11-,12-;/m1./s1. The Morgan fingerprint density at radius 1 is 1.43 bits per heavy atom. The average molecular weight is 214 g/mol. The Kier molecular flexibility index (Phi) is 6.60. The van der Waals surface area contributed by atoms with Crippen LogP contribution in [0.15, 0.2) is 37.0 Å². The third-order valence-electron chi connectivity index (χ3n) is 2.38. The summed E-state index contributed by atoms with van der Waals surface area (Å²) < 4.78 is 0. The van der Waals surface area contributed by atoms with Crippen molar-refractivity contribution in [3.63, 3.8) is 0 Å². The minimum absolute atomic E-state index is 0. The molecule has 0 unspecified atom stereocenters. The van der Waals surface area contributed by atoms with E-state index in [1.54, 1.807) is 0 Å². The first-order chi connectivity index (χ1) is 6.26. The summed E-state index contributed by atoms with van der Waals surface area (Å²) in [5, 5.41) is 3.57. The van der Waals surface area contributed by atoms with Gasteiger partial charge in [0, 0.05) is 12.1 Å². The Balaban J connectivity index is 0.00000169. The Morgan fingerprint density at radius 3 is 2.64 bits per heavy atom. The minimum Gasteiger partial charge on any atom is -0.307 e. The molecule has 1 aliphatic rings. The third kappa shape index (κ3) is 4.12. The molecule has 0 saturated heterocycles. The molecule has 1 heterocycles. The average Bonchev–Trinajstić information content (AvgIpc) is 2.04. The maximum Gasteiger partial charge on any atom is 0.0289 e. The fourth-order valence-corrected chi connectivity index (χ4v) is 1.88. The molecule has 80 valence electrons. The van der Waals surface area contributed by atoms with E-state index >= 15 is 0 Å². The normalized spacial score (nSPS) is 25.9. The summed E-state index contributed by atoms with van der Waals surface area (Å²) in [4.78, 5) is 0. The van der Waals surface area contributed by atoms with E-state index in [1.807, 2.05) is 12.2 Å². The Hall–Kier alpha value is -0.530. The number of hydrogen-bond acceptors (Lipinski definition) is 1. The predicted molar refractivity (Wildman–Crippen MR) is 66.0 cm³/mol. The molecule has 14 heavy (non-hydrogen) atoms. The van der Waals surface area contributed by atoms with E-state index in [1.165, 1.54) is 5.57 Å². The highest BCUT2D eigenvalue weighted by atomic mass is 35.5. The Labute approximate surface area is 93.4 Å². The van der Waals surface area contributed by atoms with Gasteiger partial charge in [0.05, 0.1) is 0 Å². The maximum absolute atomic E-state index is 3.77. The summed E-state index contributed by atoms with van der Waals surface area (Å²) in [5.74, 6) is 0. The van der Waals surface area contributed by atoms with Crippen LogP contribution >= 0.6 is 12.4 Å². The molecule has 0 spiro atoms. The summed E-state index contributed by atoms with van der Waals surface area (Å²) in [7, 11) is 0. The van der Waals surface area contributed by atoms with Crippen molar-refractivity contribution in [2.24, 2.45) is 0 Å². The number of rotatable bonds is 4. The highest BCUT2D eigenvalue weighted by molar-refractivity contribution is 5.85. The van der Waals surface area contributed by atoms with E-state index in [9.17, 15) is 0 Å². The SMILES string of the molecule is C=CC[C@@H]1CC(C)=C[C@@H](CC=C)N1.Cl. The van der Waals surface area contributed by atoms with Crippen LogP contribution in [0.5, 0.6) is 0 Å². The minimum atomic E-state index is 0. The molecule has 0 aliphatic carbocycles. The van der Waals surface area contributed by atoms with Crippen LogP contribution in [0.1, 0.15) is 26.2 Å². The van der Waals surface area contributed by atoms with Crippen LogP contribution in [0.3, 0.4) is 0 Å². The summed E-state index contributed by atoms with van der Waals surface area (Å²) in [6, 6.07) is 1.06. The molecule has 0 bridgehead atoms. The number of hydrogen-bond donors (Lipinski definition) is 1. The lowest BCUT2D eigenvalue weighted by molar-refractivity contribution is 0.444. The lowest BCUT2D eigenvalue weighted by atomic mass is 9.95.